The van der Waals surface area contributed by atoms with E-state index in [0.29, 0.717) is 6.17 Å². The van der Waals surface area contributed by atoms with Crippen molar-refractivity contribution in [2.24, 2.45) is 0 Å². The highest BCUT2D eigenvalue weighted by Crippen LogP contribution is 2.23. The summed E-state index contributed by atoms with van der Waals surface area (Å²) < 4.78 is 7.70. The summed E-state index contributed by atoms with van der Waals surface area (Å²) in [5, 5.41) is 7.74. The van der Waals surface area contributed by atoms with E-state index in [-0.39, 0.29) is 0 Å². The van der Waals surface area contributed by atoms with Crippen molar-refractivity contribution in [1.82, 2.24) is 15.1 Å². The average Bonchev–Trinajstić information content (AvgIpc) is 3.02. The predicted molar refractivity (Wildman–Crippen MR) is 69.8 cm³/mol. The molecule has 1 saturated heterocycles. The zero-order chi connectivity index (χ0) is 12.4. The van der Waals surface area contributed by atoms with E-state index in [2.05, 4.69) is 17.3 Å². The molecule has 18 heavy (non-hydrogen) atoms. The van der Waals surface area contributed by atoms with E-state index in [9.17, 15) is 0 Å². The Morgan fingerprint density at radius 3 is 2.83 bits per heavy atom. The van der Waals surface area contributed by atoms with E-state index in [0.717, 1.165) is 24.5 Å². The highest BCUT2D eigenvalue weighted by atomic mass is 16.5. The molecular weight excluding hydrogens is 226 g/mol. The summed E-state index contributed by atoms with van der Waals surface area (Å²) in [6.07, 6.45) is 6.37. The van der Waals surface area contributed by atoms with Gasteiger partial charge in [0.15, 0.2) is 5.75 Å². The van der Waals surface area contributed by atoms with Crippen molar-refractivity contribution < 1.29 is 4.74 Å². The lowest BCUT2D eigenvalue weighted by Gasteiger charge is -2.09. The number of aryl methyl sites for hydroxylation is 1. The Balaban J connectivity index is 1.71. The van der Waals surface area contributed by atoms with Gasteiger partial charge in [0.05, 0.1) is 12.4 Å². The zero-order valence-electron chi connectivity index (χ0n) is 10.5. The van der Waals surface area contributed by atoms with E-state index < -0.39 is 0 Å². The largest absolute Gasteiger partial charge is 0.454 e. The van der Waals surface area contributed by atoms with Gasteiger partial charge in [-0.05, 0) is 38.4 Å². The lowest BCUT2D eigenvalue weighted by atomic mass is 10.2. The smallest absolute Gasteiger partial charge is 0.165 e. The molecule has 2 heterocycles. The van der Waals surface area contributed by atoms with Gasteiger partial charge in [-0.1, -0.05) is 17.7 Å². The monoisotopic (exact) mass is 243 g/mol. The number of nitrogens with zero attached hydrogens (tertiary/aromatic N) is 2. The first kappa shape index (κ1) is 11.3. The Bertz CT molecular complexity index is 512. The lowest BCUT2D eigenvalue weighted by molar-refractivity contribution is 0.421. The molecule has 1 aromatic carbocycles. The fourth-order valence-electron chi connectivity index (χ4n) is 2.18. The highest BCUT2D eigenvalue weighted by molar-refractivity contribution is 5.30. The molecule has 0 bridgehead atoms. The molecule has 1 atom stereocenters. The Kier molecular flexibility index (Phi) is 3.02. The maximum absolute atomic E-state index is 5.76. The number of aromatic nitrogens is 2. The van der Waals surface area contributed by atoms with Gasteiger partial charge < -0.3 is 4.74 Å². The molecule has 3 rings (SSSR count). The molecule has 4 heteroatoms. The molecule has 0 aliphatic carbocycles. The third-order valence-electron chi connectivity index (χ3n) is 3.19. The van der Waals surface area contributed by atoms with Crippen molar-refractivity contribution in [3.05, 3.63) is 42.2 Å². The van der Waals surface area contributed by atoms with E-state index in [1.807, 2.05) is 35.1 Å². The summed E-state index contributed by atoms with van der Waals surface area (Å²) in [4.78, 5) is 0. The van der Waals surface area contributed by atoms with Crippen LogP contribution in [0.4, 0.5) is 0 Å². The number of hydrogen-bond acceptors (Lipinski definition) is 3. The first-order valence-electron chi connectivity index (χ1n) is 6.33. The third-order valence-corrected chi connectivity index (χ3v) is 3.19. The molecule has 1 aliphatic rings. The van der Waals surface area contributed by atoms with Gasteiger partial charge in [0.1, 0.15) is 11.9 Å². The predicted octanol–water partition coefficient (Wildman–Crippen LogP) is 2.87. The fraction of sp³-hybridized carbons (Fsp3) is 0.357. The summed E-state index contributed by atoms with van der Waals surface area (Å²) in [6.45, 7) is 3.13. The van der Waals surface area contributed by atoms with Crippen LogP contribution in [0.1, 0.15) is 24.6 Å². The molecule has 0 spiro atoms. The summed E-state index contributed by atoms with van der Waals surface area (Å²) in [6, 6.07) is 8.03. The van der Waals surface area contributed by atoms with Gasteiger partial charge in [0.25, 0.3) is 0 Å². The summed E-state index contributed by atoms with van der Waals surface area (Å²) in [5.41, 5.74) is 1.23. The molecule has 0 amide bonds. The summed E-state index contributed by atoms with van der Waals surface area (Å²) in [7, 11) is 0. The summed E-state index contributed by atoms with van der Waals surface area (Å²) >= 11 is 0. The standard InChI is InChI=1S/C14H17N3O/c1-11-4-6-12(7-5-11)18-13-9-16-17(10-13)14-3-2-8-15-14/h4-7,9-10,14-15H,2-3,8H2,1H3. The topological polar surface area (TPSA) is 39.1 Å². The molecule has 1 unspecified atom stereocenters. The third kappa shape index (κ3) is 2.38. The van der Waals surface area contributed by atoms with Gasteiger partial charge in [0.2, 0.25) is 0 Å². The van der Waals surface area contributed by atoms with Crippen LogP contribution >= 0.6 is 0 Å². The first-order chi connectivity index (χ1) is 8.81. The van der Waals surface area contributed by atoms with Crippen molar-refractivity contribution in [2.45, 2.75) is 25.9 Å². The van der Waals surface area contributed by atoms with E-state index in [1.165, 1.54) is 12.0 Å². The SMILES string of the molecule is Cc1ccc(Oc2cnn(C3CCCN3)c2)cc1. The minimum absolute atomic E-state index is 0.320. The van der Waals surface area contributed by atoms with Crippen LogP contribution in [-0.4, -0.2) is 16.3 Å². The second-order valence-electron chi connectivity index (χ2n) is 4.68. The molecule has 1 aliphatic heterocycles. The fourth-order valence-corrected chi connectivity index (χ4v) is 2.18. The number of ether oxygens (including phenoxy) is 1. The second-order valence-corrected chi connectivity index (χ2v) is 4.68. The van der Waals surface area contributed by atoms with Crippen LogP contribution in [0.25, 0.3) is 0 Å². The molecule has 2 aromatic rings. The molecule has 1 N–H and O–H groups in total. The second kappa shape index (κ2) is 4.82. The number of rotatable bonds is 3. The van der Waals surface area contributed by atoms with Crippen molar-refractivity contribution >= 4 is 0 Å². The number of benzene rings is 1. The van der Waals surface area contributed by atoms with Crippen molar-refractivity contribution in [2.75, 3.05) is 6.54 Å². The van der Waals surface area contributed by atoms with Gasteiger partial charge >= 0.3 is 0 Å². The number of nitrogens with one attached hydrogen (secondary N) is 1. The molecule has 1 fully saturated rings. The summed E-state index contributed by atoms with van der Waals surface area (Å²) in [5.74, 6) is 1.63. The van der Waals surface area contributed by atoms with Crippen LogP contribution in [0.3, 0.4) is 0 Å². The molecule has 4 nitrogen and oxygen atoms in total. The zero-order valence-corrected chi connectivity index (χ0v) is 10.5. The van der Waals surface area contributed by atoms with Gasteiger partial charge in [-0.25, -0.2) is 0 Å². The van der Waals surface area contributed by atoms with Gasteiger partial charge in [-0.2, -0.15) is 5.10 Å². The van der Waals surface area contributed by atoms with E-state index >= 15 is 0 Å². The molecule has 1 aromatic heterocycles. The maximum Gasteiger partial charge on any atom is 0.165 e. The maximum atomic E-state index is 5.76. The Morgan fingerprint density at radius 2 is 2.11 bits per heavy atom. The minimum Gasteiger partial charge on any atom is -0.454 e. The Labute approximate surface area is 107 Å². The normalized spacial score (nSPS) is 19.1. The van der Waals surface area contributed by atoms with E-state index in [4.69, 9.17) is 4.74 Å². The highest BCUT2D eigenvalue weighted by Gasteiger charge is 2.16. The van der Waals surface area contributed by atoms with Crippen molar-refractivity contribution in [3.8, 4) is 11.5 Å². The average molecular weight is 243 g/mol. The van der Waals surface area contributed by atoms with Crippen LogP contribution in [0, 0.1) is 6.92 Å². The molecule has 94 valence electrons. The van der Waals surface area contributed by atoms with Crippen molar-refractivity contribution in [1.29, 1.82) is 0 Å². The van der Waals surface area contributed by atoms with Crippen LogP contribution in [0.2, 0.25) is 0 Å². The lowest BCUT2D eigenvalue weighted by Crippen LogP contribution is -2.19. The molecule has 0 radical (unpaired) electrons. The molecule has 0 saturated carbocycles. The van der Waals surface area contributed by atoms with Crippen LogP contribution in [-0.2, 0) is 0 Å². The van der Waals surface area contributed by atoms with Gasteiger partial charge in [-0.15, -0.1) is 0 Å². The minimum atomic E-state index is 0.320. The first-order valence-corrected chi connectivity index (χ1v) is 6.33. The molecular formula is C14H17N3O. The number of hydrogen-bond donors (Lipinski definition) is 1. The quantitative estimate of drug-likeness (QED) is 0.901. The van der Waals surface area contributed by atoms with Crippen LogP contribution in [0.5, 0.6) is 11.5 Å². The van der Waals surface area contributed by atoms with Crippen LogP contribution < -0.4 is 10.1 Å². The van der Waals surface area contributed by atoms with E-state index in [1.54, 1.807) is 6.20 Å². The Hall–Kier alpha value is -1.81. The van der Waals surface area contributed by atoms with Gasteiger partial charge in [-0.3, -0.25) is 10.00 Å². The van der Waals surface area contributed by atoms with Crippen molar-refractivity contribution in [3.63, 3.8) is 0 Å². The Morgan fingerprint density at radius 1 is 1.28 bits per heavy atom. The van der Waals surface area contributed by atoms with Gasteiger partial charge in [0, 0.05) is 0 Å². The van der Waals surface area contributed by atoms with Crippen LogP contribution in [0.15, 0.2) is 36.7 Å².